The summed E-state index contributed by atoms with van der Waals surface area (Å²) in [6, 6.07) is 11.9. The second-order valence-electron chi connectivity index (χ2n) is 7.64. The topological polar surface area (TPSA) is 51.9 Å². The molecule has 0 aliphatic carbocycles. The Morgan fingerprint density at radius 2 is 1.90 bits per heavy atom. The molecular formula is C24H20FNO4. The van der Waals surface area contributed by atoms with Gasteiger partial charge in [-0.1, -0.05) is 12.1 Å². The van der Waals surface area contributed by atoms with E-state index < -0.39 is 0 Å². The van der Waals surface area contributed by atoms with E-state index in [4.69, 9.17) is 13.9 Å². The molecule has 2 aliphatic heterocycles. The molecule has 1 aromatic heterocycles. The highest BCUT2D eigenvalue weighted by atomic mass is 19.1. The Hall–Kier alpha value is -3.38. The van der Waals surface area contributed by atoms with E-state index in [1.165, 1.54) is 12.1 Å². The highest BCUT2D eigenvalue weighted by Gasteiger charge is 2.33. The molecule has 2 aromatic carbocycles. The molecule has 0 radical (unpaired) electrons. The molecule has 0 N–H and O–H groups in total. The van der Waals surface area contributed by atoms with Crippen molar-refractivity contribution in [1.82, 2.24) is 4.90 Å². The van der Waals surface area contributed by atoms with Gasteiger partial charge in [0, 0.05) is 30.3 Å². The van der Waals surface area contributed by atoms with E-state index in [1.54, 1.807) is 24.3 Å². The van der Waals surface area contributed by atoms with Gasteiger partial charge in [-0.25, -0.2) is 4.39 Å². The minimum Gasteiger partial charge on any atom is -0.477 e. The number of benzene rings is 2. The molecule has 3 aromatic rings. The first-order chi connectivity index (χ1) is 14.5. The van der Waals surface area contributed by atoms with Gasteiger partial charge in [-0.15, -0.1) is 0 Å². The van der Waals surface area contributed by atoms with Crippen LogP contribution in [0.2, 0.25) is 0 Å². The number of ether oxygens (including phenoxy) is 2. The zero-order valence-corrected chi connectivity index (χ0v) is 16.7. The summed E-state index contributed by atoms with van der Waals surface area (Å²) in [5.74, 6) is 2.47. The second-order valence-corrected chi connectivity index (χ2v) is 7.64. The molecule has 0 unspecified atom stereocenters. The lowest BCUT2D eigenvalue weighted by Crippen LogP contribution is -2.32. The van der Waals surface area contributed by atoms with Gasteiger partial charge >= 0.3 is 0 Å². The van der Waals surface area contributed by atoms with Gasteiger partial charge in [0.2, 0.25) is 5.78 Å². The van der Waals surface area contributed by atoms with Gasteiger partial charge in [0.25, 0.3) is 0 Å². The fourth-order valence-corrected chi connectivity index (χ4v) is 3.91. The van der Waals surface area contributed by atoms with Crippen molar-refractivity contribution in [3.63, 3.8) is 0 Å². The molecule has 2 aliphatic rings. The van der Waals surface area contributed by atoms with E-state index >= 15 is 0 Å². The second kappa shape index (κ2) is 7.15. The number of aryl methyl sites for hydroxylation is 1. The Morgan fingerprint density at radius 3 is 2.63 bits per heavy atom. The smallest absolute Gasteiger partial charge is 0.232 e. The number of fused-ring (bicyclic) bond motifs is 2. The van der Waals surface area contributed by atoms with Crippen LogP contribution >= 0.6 is 0 Å². The average molecular weight is 405 g/mol. The zero-order chi connectivity index (χ0) is 20.8. The number of Topliss-reactive ketones (excluding diaryl/α,β-unsaturated/α-hetero) is 1. The van der Waals surface area contributed by atoms with Gasteiger partial charge in [0.05, 0.1) is 5.56 Å². The van der Waals surface area contributed by atoms with E-state index in [2.05, 4.69) is 4.90 Å². The lowest BCUT2D eigenvalue weighted by molar-refractivity contribution is 0.0876. The maximum absolute atomic E-state index is 13.1. The summed E-state index contributed by atoms with van der Waals surface area (Å²) in [6.45, 7) is 5.42. The molecule has 6 heteroatoms. The third-order valence-electron chi connectivity index (χ3n) is 5.36. The summed E-state index contributed by atoms with van der Waals surface area (Å²) in [6.07, 6.45) is 1.62. The van der Waals surface area contributed by atoms with Crippen molar-refractivity contribution in [2.24, 2.45) is 0 Å². The number of rotatable bonds is 3. The van der Waals surface area contributed by atoms with Crippen LogP contribution in [0.4, 0.5) is 4.39 Å². The Morgan fingerprint density at radius 1 is 1.10 bits per heavy atom. The Balaban J connectivity index is 1.41. The van der Waals surface area contributed by atoms with Crippen LogP contribution in [-0.2, 0) is 13.1 Å². The van der Waals surface area contributed by atoms with E-state index in [0.717, 1.165) is 28.2 Å². The van der Waals surface area contributed by atoms with Crippen molar-refractivity contribution in [1.29, 1.82) is 0 Å². The third-order valence-corrected chi connectivity index (χ3v) is 5.36. The fourth-order valence-electron chi connectivity index (χ4n) is 3.91. The first kappa shape index (κ1) is 18.6. The van der Waals surface area contributed by atoms with Crippen molar-refractivity contribution in [3.8, 4) is 11.5 Å². The number of furan rings is 1. The lowest BCUT2D eigenvalue weighted by atomic mass is 10.00. The van der Waals surface area contributed by atoms with E-state index in [9.17, 15) is 9.18 Å². The predicted molar refractivity (Wildman–Crippen MR) is 109 cm³/mol. The number of hydrogen-bond acceptors (Lipinski definition) is 5. The van der Waals surface area contributed by atoms with Crippen LogP contribution in [0.1, 0.15) is 38.6 Å². The largest absolute Gasteiger partial charge is 0.477 e. The van der Waals surface area contributed by atoms with Crippen molar-refractivity contribution in [2.75, 3.05) is 6.73 Å². The van der Waals surface area contributed by atoms with Crippen LogP contribution in [0.15, 0.2) is 52.6 Å². The average Bonchev–Trinajstić information content (AvgIpc) is 3.28. The molecule has 0 spiro atoms. The highest BCUT2D eigenvalue weighted by molar-refractivity contribution is 6.15. The van der Waals surface area contributed by atoms with Gasteiger partial charge < -0.3 is 13.9 Å². The maximum atomic E-state index is 13.1. The quantitative estimate of drug-likeness (QED) is 0.574. The summed E-state index contributed by atoms with van der Waals surface area (Å²) >= 11 is 0. The van der Waals surface area contributed by atoms with Gasteiger partial charge in [0.15, 0.2) is 5.76 Å². The van der Waals surface area contributed by atoms with Gasteiger partial charge in [0.1, 0.15) is 35.6 Å². The normalized spacial score (nSPS) is 16.9. The van der Waals surface area contributed by atoms with E-state index in [1.807, 2.05) is 26.0 Å². The Kier molecular flexibility index (Phi) is 4.44. The molecule has 0 fully saturated rings. The molecule has 5 rings (SSSR count). The number of halogens is 1. The van der Waals surface area contributed by atoms with Crippen LogP contribution in [-0.4, -0.2) is 17.4 Å². The van der Waals surface area contributed by atoms with Crippen molar-refractivity contribution in [3.05, 3.63) is 87.8 Å². The molecule has 0 atom stereocenters. The van der Waals surface area contributed by atoms with Crippen molar-refractivity contribution >= 4 is 11.9 Å². The molecule has 0 saturated carbocycles. The number of allylic oxidation sites excluding steroid dienone is 1. The number of hydrogen-bond donors (Lipinski definition) is 0. The van der Waals surface area contributed by atoms with Crippen molar-refractivity contribution < 1.29 is 23.1 Å². The molecule has 0 amide bonds. The minimum atomic E-state index is -0.253. The lowest BCUT2D eigenvalue weighted by Gasteiger charge is -2.30. The first-order valence-electron chi connectivity index (χ1n) is 9.74. The minimum absolute atomic E-state index is 0.166. The highest BCUT2D eigenvalue weighted by Crippen LogP contribution is 2.43. The monoisotopic (exact) mass is 405 g/mol. The van der Waals surface area contributed by atoms with E-state index in [-0.39, 0.29) is 17.4 Å². The number of nitrogens with zero attached hydrogens (tertiary/aromatic N) is 1. The standard InChI is InChI=1S/C24H20FNO4/c1-14-3-8-19(29-14)10-21-22(27)20-9-17-12-26(11-16-4-6-18(25)7-5-16)13-28-23(17)15(2)24(20)30-21/h3-10H,11-13H2,1-2H3/b21-10-. The summed E-state index contributed by atoms with van der Waals surface area (Å²) in [5.41, 5.74) is 3.29. The summed E-state index contributed by atoms with van der Waals surface area (Å²) in [5, 5.41) is 0. The summed E-state index contributed by atoms with van der Waals surface area (Å²) in [7, 11) is 0. The Labute approximate surface area is 173 Å². The van der Waals surface area contributed by atoms with Gasteiger partial charge in [-0.3, -0.25) is 9.69 Å². The van der Waals surface area contributed by atoms with Gasteiger partial charge in [-0.05, 0) is 49.7 Å². The number of carbonyl (C=O) groups is 1. The zero-order valence-electron chi connectivity index (χ0n) is 16.7. The molecule has 152 valence electrons. The summed E-state index contributed by atoms with van der Waals surface area (Å²) < 4.78 is 30.6. The summed E-state index contributed by atoms with van der Waals surface area (Å²) in [4.78, 5) is 15.0. The molecule has 30 heavy (non-hydrogen) atoms. The van der Waals surface area contributed by atoms with Crippen LogP contribution in [0.5, 0.6) is 11.5 Å². The number of carbonyl (C=O) groups excluding carboxylic acids is 1. The SMILES string of the molecule is Cc1ccc(/C=C2\Oc3c(cc4c(c3C)OCN(Cc3ccc(F)cc3)C4)C2=O)o1. The first-order valence-corrected chi connectivity index (χ1v) is 9.74. The molecule has 0 saturated heterocycles. The van der Waals surface area contributed by atoms with Crippen molar-refractivity contribution in [2.45, 2.75) is 26.9 Å². The third kappa shape index (κ3) is 3.29. The van der Waals surface area contributed by atoms with Crippen LogP contribution in [0.25, 0.3) is 6.08 Å². The predicted octanol–water partition coefficient (Wildman–Crippen LogP) is 5.00. The molecule has 5 nitrogen and oxygen atoms in total. The Bertz CT molecular complexity index is 1180. The van der Waals surface area contributed by atoms with Crippen LogP contribution in [0.3, 0.4) is 0 Å². The van der Waals surface area contributed by atoms with Gasteiger partial charge in [-0.2, -0.15) is 0 Å². The van der Waals surface area contributed by atoms with Crippen LogP contribution < -0.4 is 9.47 Å². The number of ketones is 1. The maximum Gasteiger partial charge on any atom is 0.232 e. The molecule has 0 bridgehead atoms. The molecule has 3 heterocycles. The van der Waals surface area contributed by atoms with Crippen LogP contribution in [0, 0.1) is 19.7 Å². The van der Waals surface area contributed by atoms with E-state index in [0.29, 0.717) is 36.9 Å². The fraction of sp³-hybridized carbons (Fsp3) is 0.208. The molecular weight excluding hydrogens is 385 g/mol.